The molecule has 22 heavy (non-hydrogen) atoms. The number of hydrogen-bond acceptors (Lipinski definition) is 3. The molecule has 3 nitrogen and oxygen atoms in total. The van der Waals surface area contributed by atoms with Gasteiger partial charge in [-0.15, -0.1) is 0 Å². The molecular weight excluding hydrogens is 347 g/mol. The summed E-state index contributed by atoms with van der Waals surface area (Å²) in [5.74, 6) is 1.67. The molecule has 0 aromatic heterocycles. The van der Waals surface area contributed by atoms with Crippen LogP contribution in [0, 0.1) is 0 Å². The van der Waals surface area contributed by atoms with Gasteiger partial charge in [-0.25, -0.2) is 0 Å². The molecule has 2 aromatic carbocycles. The van der Waals surface area contributed by atoms with Crippen LogP contribution in [-0.4, -0.2) is 17.7 Å². The minimum atomic E-state index is -1.50. The SMILES string of the molecule is COc1ccc(C(c2ccc3c(c2)OCO3)C(Cl)(Cl)Cl)cc1. The van der Waals surface area contributed by atoms with Crippen molar-refractivity contribution in [1.29, 1.82) is 0 Å². The lowest BCUT2D eigenvalue weighted by molar-refractivity contribution is 0.174. The summed E-state index contributed by atoms with van der Waals surface area (Å²) in [6.45, 7) is 0.208. The number of fused-ring (bicyclic) bond motifs is 1. The first-order valence-electron chi connectivity index (χ1n) is 6.59. The molecule has 0 spiro atoms. The van der Waals surface area contributed by atoms with Gasteiger partial charge in [-0.2, -0.15) is 0 Å². The standard InChI is InChI=1S/C16H13Cl3O3/c1-20-12-5-2-10(3-6-12)15(16(17,18)19)11-4-7-13-14(8-11)22-9-21-13/h2-8,15H,9H2,1H3. The van der Waals surface area contributed by atoms with Gasteiger partial charge in [-0.05, 0) is 35.4 Å². The molecule has 6 heteroatoms. The van der Waals surface area contributed by atoms with Crippen molar-refractivity contribution in [2.24, 2.45) is 0 Å². The van der Waals surface area contributed by atoms with Crippen LogP contribution < -0.4 is 14.2 Å². The average molecular weight is 360 g/mol. The predicted octanol–water partition coefficient (Wildman–Crippen LogP) is 4.93. The Morgan fingerprint density at radius 2 is 1.59 bits per heavy atom. The number of methoxy groups -OCH3 is 1. The summed E-state index contributed by atoms with van der Waals surface area (Å²) in [7, 11) is 1.61. The minimum Gasteiger partial charge on any atom is -0.497 e. The molecule has 1 heterocycles. The minimum absolute atomic E-state index is 0.208. The van der Waals surface area contributed by atoms with E-state index in [4.69, 9.17) is 49.0 Å². The maximum Gasteiger partial charge on any atom is 0.231 e. The van der Waals surface area contributed by atoms with E-state index in [9.17, 15) is 0 Å². The van der Waals surface area contributed by atoms with Crippen LogP contribution in [0.1, 0.15) is 17.0 Å². The topological polar surface area (TPSA) is 27.7 Å². The zero-order valence-corrected chi connectivity index (χ0v) is 14.0. The monoisotopic (exact) mass is 358 g/mol. The van der Waals surface area contributed by atoms with E-state index in [1.165, 1.54) is 0 Å². The maximum atomic E-state index is 6.22. The number of rotatable bonds is 3. The lowest BCUT2D eigenvalue weighted by Crippen LogP contribution is -2.18. The van der Waals surface area contributed by atoms with Crippen LogP contribution in [0.3, 0.4) is 0 Å². The van der Waals surface area contributed by atoms with Crippen LogP contribution in [0.4, 0.5) is 0 Å². The van der Waals surface area contributed by atoms with Gasteiger partial charge in [0, 0.05) is 0 Å². The van der Waals surface area contributed by atoms with Crippen molar-refractivity contribution >= 4 is 34.8 Å². The van der Waals surface area contributed by atoms with Gasteiger partial charge in [0.1, 0.15) is 5.75 Å². The van der Waals surface area contributed by atoms with Crippen LogP contribution >= 0.6 is 34.8 Å². The smallest absolute Gasteiger partial charge is 0.231 e. The van der Waals surface area contributed by atoms with Crippen molar-refractivity contribution < 1.29 is 14.2 Å². The zero-order chi connectivity index (χ0) is 15.7. The molecule has 0 saturated carbocycles. The van der Waals surface area contributed by atoms with Crippen molar-refractivity contribution in [3.05, 3.63) is 53.6 Å². The van der Waals surface area contributed by atoms with Crippen LogP contribution in [0.15, 0.2) is 42.5 Å². The van der Waals surface area contributed by atoms with Gasteiger partial charge in [0.2, 0.25) is 10.6 Å². The van der Waals surface area contributed by atoms with Crippen LogP contribution in [0.25, 0.3) is 0 Å². The van der Waals surface area contributed by atoms with E-state index in [-0.39, 0.29) is 6.79 Å². The summed E-state index contributed by atoms with van der Waals surface area (Å²) in [6.07, 6.45) is 0. The van der Waals surface area contributed by atoms with Crippen molar-refractivity contribution in [2.45, 2.75) is 9.71 Å². The number of benzene rings is 2. The largest absolute Gasteiger partial charge is 0.497 e. The predicted molar refractivity (Wildman–Crippen MR) is 87.7 cm³/mol. The fraction of sp³-hybridized carbons (Fsp3) is 0.250. The number of halogens is 3. The van der Waals surface area contributed by atoms with E-state index < -0.39 is 9.71 Å². The Hall–Kier alpha value is -1.29. The van der Waals surface area contributed by atoms with Gasteiger partial charge < -0.3 is 14.2 Å². The Labute approximate surface area is 143 Å². The number of hydrogen-bond donors (Lipinski definition) is 0. The highest BCUT2D eigenvalue weighted by Crippen LogP contribution is 2.47. The third-order valence-electron chi connectivity index (χ3n) is 3.51. The molecule has 1 atom stereocenters. The molecule has 2 aromatic rings. The average Bonchev–Trinajstić information content (AvgIpc) is 2.94. The van der Waals surface area contributed by atoms with Gasteiger partial charge in [-0.1, -0.05) is 53.0 Å². The molecule has 0 saturated heterocycles. The molecule has 116 valence electrons. The summed E-state index contributed by atoms with van der Waals surface area (Å²) in [4.78, 5) is 0. The Morgan fingerprint density at radius 3 is 2.23 bits per heavy atom. The van der Waals surface area contributed by atoms with Gasteiger partial charge >= 0.3 is 0 Å². The molecule has 1 aliphatic heterocycles. The molecule has 3 rings (SSSR count). The quantitative estimate of drug-likeness (QED) is 0.728. The lowest BCUT2D eigenvalue weighted by atomic mass is 9.92. The molecular formula is C16H13Cl3O3. The number of alkyl halides is 3. The maximum absolute atomic E-state index is 6.22. The summed E-state index contributed by atoms with van der Waals surface area (Å²) in [5, 5.41) is 0. The molecule has 1 aliphatic rings. The molecule has 0 N–H and O–H groups in total. The molecule has 0 amide bonds. The third-order valence-corrected chi connectivity index (χ3v) is 4.16. The van der Waals surface area contributed by atoms with Crippen LogP contribution in [-0.2, 0) is 0 Å². The molecule has 0 fully saturated rings. The Bertz CT molecular complexity index is 665. The molecule has 0 aliphatic carbocycles. The summed E-state index contributed by atoms with van der Waals surface area (Å²) in [5.41, 5.74) is 1.72. The highest BCUT2D eigenvalue weighted by molar-refractivity contribution is 6.68. The fourth-order valence-corrected chi connectivity index (χ4v) is 3.22. The van der Waals surface area contributed by atoms with E-state index in [1.54, 1.807) is 7.11 Å². The first-order valence-corrected chi connectivity index (χ1v) is 7.72. The second-order valence-corrected chi connectivity index (χ2v) is 7.23. The van der Waals surface area contributed by atoms with Crippen LogP contribution in [0.5, 0.6) is 17.2 Å². The number of ether oxygens (including phenoxy) is 3. The van der Waals surface area contributed by atoms with E-state index >= 15 is 0 Å². The van der Waals surface area contributed by atoms with Crippen molar-refractivity contribution in [1.82, 2.24) is 0 Å². The zero-order valence-electron chi connectivity index (χ0n) is 11.7. The Balaban J connectivity index is 2.03. The second kappa shape index (κ2) is 6.07. The first kappa shape index (κ1) is 15.6. The van der Waals surface area contributed by atoms with E-state index in [1.807, 2.05) is 42.5 Å². The highest BCUT2D eigenvalue weighted by atomic mass is 35.6. The van der Waals surface area contributed by atoms with Gasteiger partial charge in [0.15, 0.2) is 11.5 Å². The summed E-state index contributed by atoms with van der Waals surface area (Å²) < 4.78 is 14.4. The third kappa shape index (κ3) is 3.07. The summed E-state index contributed by atoms with van der Waals surface area (Å²) in [6, 6.07) is 13.0. The highest BCUT2D eigenvalue weighted by Gasteiger charge is 2.36. The van der Waals surface area contributed by atoms with Gasteiger partial charge in [0.05, 0.1) is 13.0 Å². The van der Waals surface area contributed by atoms with Crippen molar-refractivity contribution in [2.75, 3.05) is 13.9 Å². The molecule has 0 radical (unpaired) electrons. The van der Waals surface area contributed by atoms with Crippen LogP contribution in [0.2, 0.25) is 0 Å². The molecule has 1 unspecified atom stereocenters. The van der Waals surface area contributed by atoms with E-state index in [2.05, 4.69) is 0 Å². The van der Waals surface area contributed by atoms with Crippen molar-refractivity contribution in [3.8, 4) is 17.2 Å². The van der Waals surface area contributed by atoms with Gasteiger partial charge in [0.25, 0.3) is 0 Å². The second-order valence-electron chi connectivity index (χ2n) is 4.86. The van der Waals surface area contributed by atoms with E-state index in [0.717, 1.165) is 16.9 Å². The lowest BCUT2D eigenvalue weighted by Gasteiger charge is -2.25. The summed E-state index contributed by atoms with van der Waals surface area (Å²) >= 11 is 18.7. The Kier molecular flexibility index (Phi) is 4.31. The Morgan fingerprint density at radius 1 is 0.955 bits per heavy atom. The first-order chi connectivity index (χ1) is 10.5. The fourth-order valence-electron chi connectivity index (χ4n) is 2.46. The normalized spacial score (nSPS) is 14.7. The van der Waals surface area contributed by atoms with Crippen molar-refractivity contribution in [3.63, 3.8) is 0 Å². The van der Waals surface area contributed by atoms with Gasteiger partial charge in [-0.3, -0.25) is 0 Å². The van der Waals surface area contributed by atoms with E-state index in [0.29, 0.717) is 11.5 Å². The molecule has 0 bridgehead atoms.